The number of ether oxygens (including phenoxy) is 1. The van der Waals surface area contributed by atoms with Gasteiger partial charge in [0.1, 0.15) is 0 Å². The fraction of sp³-hybridized carbons (Fsp3) is 0.588. The molecule has 1 aromatic rings. The van der Waals surface area contributed by atoms with E-state index in [0.717, 1.165) is 18.4 Å². The van der Waals surface area contributed by atoms with Crippen LogP contribution in [-0.2, 0) is 4.74 Å². The fourth-order valence-electron chi connectivity index (χ4n) is 2.10. The Morgan fingerprint density at radius 3 is 2.43 bits per heavy atom. The first-order chi connectivity index (χ1) is 10.1. The third kappa shape index (κ3) is 7.96. The quantitative estimate of drug-likeness (QED) is 0.612. The first kappa shape index (κ1) is 17.8. The summed E-state index contributed by atoms with van der Waals surface area (Å²) in [6.07, 6.45) is 6.75. The van der Waals surface area contributed by atoms with Crippen LogP contribution in [0.2, 0.25) is 5.02 Å². The number of rotatable bonds is 9. The van der Waals surface area contributed by atoms with Crippen molar-refractivity contribution in [3.8, 4) is 0 Å². The number of halogens is 1. The Kier molecular flexibility index (Phi) is 8.91. The molecule has 0 saturated heterocycles. The lowest BCUT2D eigenvalue weighted by Gasteiger charge is -2.14. The molecular formula is C17H26ClNO2. The molecular weight excluding hydrogens is 286 g/mol. The van der Waals surface area contributed by atoms with E-state index >= 15 is 0 Å². The first-order valence-electron chi connectivity index (χ1n) is 7.82. The highest BCUT2D eigenvalue weighted by Crippen LogP contribution is 2.16. The molecule has 21 heavy (non-hydrogen) atoms. The van der Waals surface area contributed by atoms with E-state index in [2.05, 4.69) is 12.2 Å². The zero-order valence-electron chi connectivity index (χ0n) is 13.0. The van der Waals surface area contributed by atoms with E-state index in [1.54, 1.807) is 0 Å². The van der Waals surface area contributed by atoms with Crippen LogP contribution in [0, 0.1) is 0 Å². The normalized spacial score (nSPS) is 12.0. The lowest BCUT2D eigenvalue weighted by Crippen LogP contribution is -2.27. The van der Waals surface area contributed by atoms with Crippen molar-refractivity contribution >= 4 is 17.7 Å². The van der Waals surface area contributed by atoms with Crippen LogP contribution < -0.4 is 5.32 Å². The average molecular weight is 312 g/mol. The van der Waals surface area contributed by atoms with Crippen LogP contribution in [0.4, 0.5) is 4.79 Å². The molecule has 118 valence electrons. The van der Waals surface area contributed by atoms with E-state index in [0.29, 0.717) is 11.6 Å². The van der Waals surface area contributed by atoms with Crippen molar-refractivity contribution < 1.29 is 9.53 Å². The minimum Gasteiger partial charge on any atom is -0.450 e. The van der Waals surface area contributed by atoms with Crippen LogP contribution in [0.1, 0.15) is 64.0 Å². The molecule has 1 aromatic carbocycles. The SMILES string of the molecule is CCCCCCCCOC(=O)N[C@@H](C)c1ccc(Cl)cc1. The van der Waals surface area contributed by atoms with Gasteiger partial charge in [0, 0.05) is 5.02 Å². The van der Waals surface area contributed by atoms with Crippen molar-refractivity contribution in [1.82, 2.24) is 5.32 Å². The Morgan fingerprint density at radius 1 is 1.14 bits per heavy atom. The Labute approximate surface area is 133 Å². The van der Waals surface area contributed by atoms with Gasteiger partial charge in [-0.15, -0.1) is 0 Å². The van der Waals surface area contributed by atoms with Crippen molar-refractivity contribution in [1.29, 1.82) is 0 Å². The zero-order chi connectivity index (χ0) is 15.5. The minimum absolute atomic E-state index is 0.0840. The van der Waals surface area contributed by atoms with Crippen molar-refractivity contribution in [2.24, 2.45) is 0 Å². The molecule has 4 heteroatoms. The maximum absolute atomic E-state index is 11.7. The van der Waals surface area contributed by atoms with E-state index < -0.39 is 0 Å². The molecule has 1 amide bonds. The summed E-state index contributed by atoms with van der Waals surface area (Å²) in [7, 11) is 0. The summed E-state index contributed by atoms with van der Waals surface area (Å²) in [5, 5.41) is 3.51. The van der Waals surface area contributed by atoms with Crippen molar-refractivity contribution in [3.63, 3.8) is 0 Å². The van der Waals surface area contributed by atoms with Crippen LogP contribution in [0.3, 0.4) is 0 Å². The van der Waals surface area contributed by atoms with Crippen molar-refractivity contribution in [2.75, 3.05) is 6.61 Å². The molecule has 0 radical (unpaired) electrons. The predicted octanol–water partition coefficient (Wildman–Crippen LogP) is 5.49. The predicted molar refractivity (Wildman–Crippen MR) is 87.7 cm³/mol. The van der Waals surface area contributed by atoms with Gasteiger partial charge in [-0.3, -0.25) is 0 Å². The van der Waals surface area contributed by atoms with Gasteiger partial charge in [-0.05, 0) is 31.0 Å². The topological polar surface area (TPSA) is 38.3 Å². The molecule has 0 saturated carbocycles. The van der Waals surface area contributed by atoms with Crippen LogP contribution in [0.15, 0.2) is 24.3 Å². The second-order valence-electron chi connectivity index (χ2n) is 5.32. The number of alkyl carbamates (subject to hydrolysis) is 1. The number of hydrogen-bond donors (Lipinski definition) is 1. The highest BCUT2D eigenvalue weighted by atomic mass is 35.5. The average Bonchev–Trinajstić information content (AvgIpc) is 2.47. The van der Waals surface area contributed by atoms with E-state index in [9.17, 15) is 4.79 Å². The summed E-state index contributed by atoms with van der Waals surface area (Å²) in [4.78, 5) is 11.7. The molecule has 0 aliphatic carbocycles. The molecule has 1 atom stereocenters. The van der Waals surface area contributed by atoms with E-state index in [-0.39, 0.29) is 12.1 Å². The molecule has 1 N–H and O–H groups in total. The standard InChI is InChI=1S/C17H26ClNO2/c1-3-4-5-6-7-8-13-21-17(20)19-14(2)15-9-11-16(18)12-10-15/h9-12,14H,3-8,13H2,1-2H3,(H,19,20)/t14-/m0/s1. The molecule has 0 bridgehead atoms. The number of carbonyl (C=O) groups is 1. The fourth-order valence-corrected chi connectivity index (χ4v) is 2.23. The van der Waals surface area contributed by atoms with Gasteiger partial charge in [0.25, 0.3) is 0 Å². The van der Waals surface area contributed by atoms with Crippen LogP contribution >= 0.6 is 11.6 Å². The second-order valence-corrected chi connectivity index (χ2v) is 5.76. The number of hydrogen-bond acceptors (Lipinski definition) is 2. The largest absolute Gasteiger partial charge is 0.450 e. The molecule has 0 aromatic heterocycles. The Hall–Kier alpha value is -1.22. The van der Waals surface area contributed by atoms with Gasteiger partial charge in [-0.1, -0.05) is 62.8 Å². The van der Waals surface area contributed by atoms with E-state index in [4.69, 9.17) is 16.3 Å². The van der Waals surface area contributed by atoms with Gasteiger partial charge in [0.05, 0.1) is 12.6 Å². The maximum atomic E-state index is 11.7. The summed E-state index contributed by atoms with van der Waals surface area (Å²) < 4.78 is 5.19. The molecule has 0 heterocycles. The summed E-state index contributed by atoms with van der Waals surface area (Å²) in [6.45, 7) is 4.62. The number of benzene rings is 1. The maximum Gasteiger partial charge on any atom is 0.407 e. The Balaban J connectivity index is 2.14. The first-order valence-corrected chi connectivity index (χ1v) is 8.20. The van der Waals surface area contributed by atoms with Gasteiger partial charge >= 0.3 is 6.09 Å². The highest BCUT2D eigenvalue weighted by Gasteiger charge is 2.09. The molecule has 3 nitrogen and oxygen atoms in total. The molecule has 0 aliphatic heterocycles. The summed E-state index contributed by atoms with van der Waals surface area (Å²) >= 11 is 5.84. The van der Waals surface area contributed by atoms with Gasteiger partial charge in [-0.25, -0.2) is 4.79 Å². The lowest BCUT2D eigenvalue weighted by molar-refractivity contribution is 0.140. The number of carbonyl (C=O) groups excluding carboxylic acids is 1. The lowest BCUT2D eigenvalue weighted by atomic mass is 10.1. The highest BCUT2D eigenvalue weighted by molar-refractivity contribution is 6.30. The van der Waals surface area contributed by atoms with Gasteiger partial charge in [0.2, 0.25) is 0 Å². The zero-order valence-corrected chi connectivity index (χ0v) is 13.8. The third-order valence-corrected chi connectivity index (χ3v) is 3.69. The number of unbranched alkanes of at least 4 members (excludes halogenated alkanes) is 5. The third-order valence-electron chi connectivity index (χ3n) is 3.44. The van der Waals surface area contributed by atoms with Crippen molar-refractivity contribution in [3.05, 3.63) is 34.9 Å². The molecule has 0 unspecified atom stereocenters. The number of nitrogens with one attached hydrogen (secondary N) is 1. The molecule has 0 fully saturated rings. The van der Waals surface area contributed by atoms with Gasteiger partial charge < -0.3 is 10.1 Å². The molecule has 1 rings (SSSR count). The van der Waals surface area contributed by atoms with E-state index in [1.807, 2.05) is 31.2 Å². The Bertz CT molecular complexity index is 406. The van der Waals surface area contributed by atoms with Gasteiger partial charge in [0.15, 0.2) is 0 Å². The summed E-state index contributed by atoms with van der Waals surface area (Å²) in [6, 6.07) is 7.36. The summed E-state index contributed by atoms with van der Waals surface area (Å²) in [5.41, 5.74) is 1.01. The monoisotopic (exact) mass is 311 g/mol. The number of amides is 1. The van der Waals surface area contributed by atoms with E-state index in [1.165, 1.54) is 25.7 Å². The van der Waals surface area contributed by atoms with Crippen LogP contribution in [0.5, 0.6) is 0 Å². The second kappa shape index (κ2) is 10.5. The smallest absolute Gasteiger partial charge is 0.407 e. The molecule has 0 aliphatic rings. The van der Waals surface area contributed by atoms with Gasteiger partial charge in [-0.2, -0.15) is 0 Å². The van der Waals surface area contributed by atoms with Crippen LogP contribution in [-0.4, -0.2) is 12.7 Å². The van der Waals surface area contributed by atoms with Crippen molar-refractivity contribution in [2.45, 2.75) is 58.4 Å². The summed E-state index contributed by atoms with van der Waals surface area (Å²) in [5.74, 6) is 0. The Morgan fingerprint density at radius 2 is 1.76 bits per heavy atom. The molecule has 0 spiro atoms. The minimum atomic E-state index is -0.356. The van der Waals surface area contributed by atoms with Crippen LogP contribution in [0.25, 0.3) is 0 Å².